The quantitative estimate of drug-likeness (QED) is 0.667. The molecule has 0 saturated heterocycles. The van der Waals surface area contributed by atoms with Crippen molar-refractivity contribution in [2.75, 3.05) is 7.11 Å². The molecule has 0 saturated carbocycles. The molecule has 1 aliphatic heterocycles. The van der Waals surface area contributed by atoms with Gasteiger partial charge >= 0.3 is 5.97 Å². The maximum atomic E-state index is 11.2. The number of carbonyl (C=O) groups excluding carboxylic acids is 1. The predicted octanol–water partition coefficient (Wildman–Crippen LogP) is 1.85. The van der Waals surface area contributed by atoms with Crippen molar-refractivity contribution in [1.29, 1.82) is 0 Å². The normalized spacial score (nSPS) is 19.5. The van der Waals surface area contributed by atoms with E-state index in [2.05, 4.69) is 0 Å². The van der Waals surface area contributed by atoms with Crippen LogP contribution < -0.4 is 4.74 Å². The summed E-state index contributed by atoms with van der Waals surface area (Å²) in [4.78, 5) is 11.2. The highest BCUT2D eigenvalue weighted by atomic mass is 16.5. The number of esters is 1. The van der Waals surface area contributed by atoms with Crippen LogP contribution in [0.25, 0.3) is 0 Å². The summed E-state index contributed by atoms with van der Waals surface area (Å²) in [6.45, 7) is 0. The Kier molecular flexibility index (Phi) is 2.23. The summed E-state index contributed by atoms with van der Waals surface area (Å²) in [6.07, 6.45) is 3.17. The molecule has 0 aromatic heterocycles. The minimum absolute atomic E-state index is 0.227. The van der Waals surface area contributed by atoms with Crippen molar-refractivity contribution in [2.45, 2.75) is 5.92 Å². The summed E-state index contributed by atoms with van der Waals surface area (Å²) in [5, 5.41) is 0. The summed E-state index contributed by atoms with van der Waals surface area (Å²) in [6, 6.07) is 7.38. The maximum absolute atomic E-state index is 11.2. The smallest absolute Gasteiger partial charge is 0.322 e. The molecule has 2 rings (SSSR count). The molecule has 0 aliphatic carbocycles. The van der Waals surface area contributed by atoms with Gasteiger partial charge in [-0.3, -0.25) is 4.79 Å². The summed E-state index contributed by atoms with van der Waals surface area (Å²) in [5.41, 5.74) is 0.921. The van der Waals surface area contributed by atoms with Gasteiger partial charge in [-0.25, -0.2) is 0 Å². The molecule has 3 heteroatoms. The fourth-order valence-corrected chi connectivity index (χ4v) is 1.40. The lowest BCUT2D eigenvalue weighted by molar-refractivity contribution is -0.136. The maximum Gasteiger partial charge on any atom is 0.322 e. The van der Waals surface area contributed by atoms with Crippen molar-refractivity contribution in [3.8, 4) is 5.75 Å². The van der Waals surface area contributed by atoms with E-state index < -0.39 is 0 Å². The van der Waals surface area contributed by atoms with Gasteiger partial charge in [0.1, 0.15) is 11.7 Å². The van der Waals surface area contributed by atoms with E-state index in [4.69, 9.17) is 9.47 Å². The Hall–Kier alpha value is -1.77. The first-order valence-corrected chi connectivity index (χ1v) is 4.32. The molecule has 0 fully saturated rings. The zero-order valence-electron chi connectivity index (χ0n) is 7.77. The van der Waals surface area contributed by atoms with Crippen LogP contribution in [-0.2, 0) is 9.53 Å². The molecule has 1 atom stereocenters. The molecule has 0 amide bonds. The number of hydrogen-bond acceptors (Lipinski definition) is 3. The fourth-order valence-electron chi connectivity index (χ4n) is 1.40. The third-order valence-electron chi connectivity index (χ3n) is 2.18. The van der Waals surface area contributed by atoms with Crippen LogP contribution in [0.2, 0.25) is 0 Å². The van der Waals surface area contributed by atoms with Gasteiger partial charge < -0.3 is 9.47 Å². The third-order valence-corrected chi connectivity index (χ3v) is 2.18. The Bertz CT molecular complexity index is 365. The standard InChI is InChI=1S/C11H10O3/c1-13-9-4-2-8(3-5-9)10-6-7-14-11(10)12/h2-7,10H,1H3. The van der Waals surface area contributed by atoms with E-state index in [1.54, 1.807) is 13.2 Å². The van der Waals surface area contributed by atoms with Gasteiger partial charge in [0.15, 0.2) is 0 Å². The number of methoxy groups -OCH3 is 1. The first-order valence-electron chi connectivity index (χ1n) is 4.32. The molecule has 3 nitrogen and oxygen atoms in total. The molecular weight excluding hydrogens is 180 g/mol. The second kappa shape index (κ2) is 3.54. The van der Waals surface area contributed by atoms with E-state index in [9.17, 15) is 4.79 Å². The predicted molar refractivity (Wildman–Crippen MR) is 51.0 cm³/mol. The van der Waals surface area contributed by atoms with Gasteiger partial charge in [-0.1, -0.05) is 12.1 Å². The Morgan fingerprint density at radius 1 is 1.29 bits per heavy atom. The van der Waals surface area contributed by atoms with Gasteiger partial charge in [0, 0.05) is 0 Å². The van der Waals surface area contributed by atoms with E-state index in [-0.39, 0.29) is 11.9 Å². The second-order valence-electron chi connectivity index (χ2n) is 3.02. The largest absolute Gasteiger partial charge is 0.497 e. The van der Waals surface area contributed by atoms with Crippen LogP contribution in [0.3, 0.4) is 0 Å². The number of rotatable bonds is 2. The zero-order valence-corrected chi connectivity index (χ0v) is 7.77. The second-order valence-corrected chi connectivity index (χ2v) is 3.02. The number of ether oxygens (including phenoxy) is 2. The Balaban J connectivity index is 2.24. The molecular formula is C11H10O3. The van der Waals surface area contributed by atoms with E-state index in [1.165, 1.54) is 6.26 Å². The van der Waals surface area contributed by atoms with Gasteiger partial charge in [0.05, 0.1) is 13.4 Å². The minimum Gasteiger partial charge on any atom is -0.497 e. The minimum atomic E-state index is -0.263. The summed E-state index contributed by atoms with van der Waals surface area (Å²) in [5.74, 6) is 0.292. The van der Waals surface area contributed by atoms with Crippen LogP contribution >= 0.6 is 0 Å². The summed E-state index contributed by atoms with van der Waals surface area (Å²) < 4.78 is 9.75. The Morgan fingerprint density at radius 3 is 2.50 bits per heavy atom. The van der Waals surface area contributed by atoms with Crippen LogP contribution in [0.15, 0.2) is 36.6 Å². The lowest BCUT2D eigenvalue weighted by Crippen LogP contribution is -2.05. The van der Waals surface area contributed by atoms with Crippen LogP contribution in [0, 0.1) is 0 Å². The van der Waals surface area contributed by atoms with Crippen LogP contribution in [0.5, 0.6) is 5.75 Å². The van der Waals surface area contributed by atoms with Crippen molar-refractivity contribution in [3.63, 3.8) is 0 Å². The topological polar surface area (TPSA) is 35.5 Å². The molecule has 1 aromatic carbocycles. The van der Waals surface area contributed by atoms with Crippen LogP contribution in [0.1, 0.15) is 11.5 Å². The van der Waals surface area contributed by atoms with E-state index in [1.807, 2.05) is 24.3 Å². The van der Waals surface area contributed by atoms with E-state index in [0.29, 0.717) is 0 Å². The zero-order chi connectivity index (χ0) is 9.97. The molecule has 0 spiro atoms. The molecule has 1 aromatic rings. The number of benzene rings is 1. The average Bonchev–Trinajstić information content (AvgIpc) is 2.65. The molecule has 14 heavy (non-hydrogen) atoms. The van der Waals surface area contributed by atoms with Crippen molar-refractivity contribution >= 4 is 5.97 Å². The van der Waals surface area contributed by atoms with Gasteiger partial charge in [-0.15, -0.1) is 0 Å². The molecule has 0 bridgehead atoms. The van der Waals surface area contributed by atoms with Crippen molar-refractivity contribution in [1.82, 2.24) is 0 Å². The number of carbonyl (C=O) groups is 1. The van der Waals surface area contributed by atoms with E-state index >= 15 is 0 Å². The third kappa shape index (κ3) is 1.48. The SMILES string of the molecule is COc1ccc(C2C=COC2=O)cc1. The Morgan fingerprint density at radius 2 is 2.00 bits per heavy atom. The monoisotopic (exact) mass is 190 g/mol. The van der Waals surface area contributed by atoms with Gasteiger partial charge in [0.25, 0.3) is 0 Å². The average molecular weight is 190 g/mol. The fraction of sp³-hybridized carbons (Fsp3) is 0.182. The van der Waals surface area contributed by atoms with Gasteiger partial charge in [0.2, 0.25) is 0 Å². The summed E-state index contributed by atoms with van der Waals surface area (Å²) in [7, 11) is 1.61. The van der Waals surface area contributed by atoms with Crippen molar-refractivity contribution in [3.05, 3.63) is 42.2 Å². The lowest BCUT2D eigenvalue weighted by atomic mass is 10.0. The molecule has 1 aliphatic rings. The van der Waals surface area contributed by atoms with E-state index in [0.717, 1.165) is 11.3 Å². The van der Waals surface area contributed by atoms with Crippen molar-refractivity contribution in [2.24, 2.45) is 0 Å². The molecule has 0 radical (unpaired) electrons. The van der Waals surface area contributed by atoms with Crippen LogP contribution in [-0.4, -0.2) is 13.1 Å². The highest BCUT2D eigenvalue weighted by Gasteiger charge is 2.23. The highest BCUT2D eigenvalue weighted by Crippen LogP contribution is 2.25. The summed E-state index contributed by atoms with van der Waals surface area (Å²) >= 11 is 0. The molecule has 0 N–H and O–H groups in total. The number of cyclic esters (lactones) is 1. The van der Waals surface area contributed by atoms with Crippen LogP contribution in [0.4, 0.5) is 0 Å². The lowest BCUT2D eigenvalue weighted by Gasteiger charge is -2.05. The molecule has 1 unspecified atom stereocenters. The number of hydrogen-bond donors (Lipinski definition) is 0. The van der Waals surface area contributed by atoms with Crippen molar-refractivity contribution < 1.29 is 14.3 Å². The van der Waals surface area contributed by atoms with Gasteiger partial charge in [-0.05, 0) is 23.8 Å². The van der Waals surface area contributed by atoms with Gasteiger partial charge in [-0.2, -0.15) is 0 Å². The first-order chi connectivity index (χ1) is 6.81. The highest BCUT2D eigenvalue weighted by molar-refractivity contribution is 5.83. The Labute approximate surface area is 81.9 Å². The molecule has 1 heterocycles. The first kappa shape index (κ1) is 8.81. The molecule has 72 valence electrons.